The molecular formula is C13H13BrN2O2S. The summed E-state index contributed by atoms with van der Waals surface area (Å²) in [4.78, 5) is 15.6. The van der Waals surface area contributed by atoms with Crippen LogP contribution in [0, 0.1) is 0 Å². The molecule has 19 heavy (non-hydrogen) atoms. The molecule has 2 aromatic heterocycles. The Morgan fingerprint density at radius 3 is 3.26 bits per heavy atom. The van der Waals surface area contributed by atoms with Crippen LogP contribution in [0.4, 0.5) is 0 Å². The van der Waals surface area contributed by atoms with E-state index in [1.165, 1.54) is 16.7 Å². The molecule has 1 amide bonds. The van der Waals surface area contributed by atoms with Crippen LogP contribution in [-0.2, 0) is 24.2 Å². The molecule has 0 radical (unpaired) electrons. The summed E-state index contributed by atoms with van der Waals surface area (Å²) >= 11 is 5.29. The Bertz CT molecular complexity index is 579. The van der Waals surface area contributed by atoms with Crippen molar-refractivity contribution >= 4 is 33.2 Å². The van der Waals surface area contributed by atoms with Gasteiger partial charge in [0.2, 0.25) is 5.91 Å². The molecular weight excluding hydrogens is 328 g/mol. The van der Waals surface area contributed by atoms with Crippen LogP contribution in [0.2, 0.25) is 0 Å². The summed E-state index contributed by atoms with van der Waals surface area (Å²) in [6, 6.07) is 2.13. The average Bonchev–Trinajstić information content (AvgIpc) is 2.94. The molecule has 0 aliphatic carbocycles. The van der Waals surface area contributed by atoms with Gasteiger partial charge in [-0.05, 0) is 40.4 Å². The van der Waals surface area contributed by atoms with Gasteiger partial charge >= 0.3 is 0 Å². The van der Waals surface area contributed by atoms with Crippen molar-refractivity contribution in [3.05, 3.63) is 38.3 Å². The van der Waals surface area contributed by atoms with E-state index in [0.29, 0.717) is 13.0 Å². The van der Waals surface area contributed by atoms with E-state index < -0.39 is 0 Å². The number of aryl methyl sites for hydroxylation is 1. The third-order valence-corrected chi connectivity index (χ3v) is 4.99. The van der Waals surface area contributed by atoms with Crippen molar-refractivity contribution in [2.24, 2.45) is 0 Å². The zero-order valence-corrected chi connectivity index (χ0v) is 12.7. The summed E-state index contributed by atoms with van der Waals surface area (Å²) in [7, 11) is 0. The molecule has 1 aliphatic rings. The third kappa shape index (κ3) is 2.90. The average molecular weight is 341 g/mol. The molecule has 1 aliphatic heterocycles. The zero-order valence-electron chi connectivity index (χ0n) is 10.3. The number of thiophene rings is 1. The highest BCUT2D eigenvalue weighted by Crippen LogP contribution is 2.31. The number of aromatic nitrogens is 1. The number of amides is 1. The van der Waals surface area contributed by atoms with Gasteiger partial charge in [-0.1, -0.05) is 5.16 Å². The highest BCUT2D eigenvalue weighted by molar-refractivity contribution is 9.11. The van der Waals surface area contributed by atoms with Gasteiger partial charge in [-0.25, -0.2) is 0 Å². The van der Waals surface area contributed by atoms with Gasteiger partial charge in [0.1, 0.15) is 6.26 Å². The fourth-order valence-electron chi connectivity index (χ4n) is 2.30. The van der Waals surface area contributed by atoms with Gasteiger partial charge in [-0.15, -0.1) is 11.3 Å². The Morgan fingerprint density at radius 2 is 2.47 bits per heavy atom. The highest BCUT2D eigenvalue weighted by Gasteiger charge is 2.21. The van der Waals surface area contributed by atoms with Crippen molar-refractivity contribution < 1.29 is 9.32 Å². The summed E-state index contributed by atoms with van der Waals surface area (Å²) in [5.41, 5.74) is 2.11. The lowest BCUT2D eigenvalue weighted by atomic mass is 10.2. The first-order valence-corrected chi connectivity index (χ1v) is 7.76. The predicted molar refractivity (Wildman–Crippen MR) is 76.0 cm³/mol. The lowest BCUT2D eigenvalue weighted by molar-refractivity contribution is -0.131. The highest BCUT2D eigenvalue weighted by atomic mass is 79.9. The maximum absolute atomic E-state index is 12.3. The van der Waals surface area contributed by atoms with Crippen molar-refractivity contribution in [3.8, 4) is 0 Å². The van der Waals surface area contributed by atoms with E-state index in [9.17, 15) is 4.79 Å². The summed E-state index contributed by atoms with van der Waals surface area (Å²) in [5, 5.41) is 3.63. The first-order valence-electron chi connectivity index (χ1n) is 6.15. The van der Waals surface area contributed by atoms with Crippen LogP contribution in [0.3, 0.4) is 0 Å². The van der Waals surface area contributed by atoms with Gasteiger partial charge in [0, 0.05) is 23.5 Å². The molecule has 0 saturated carbocycles. The second-order valence-corrected chi connectivity index (χ2v) is 7.14. The second kappa shape index (κ2) is 5.46. The fraction of sp³-hybridized carbons (Fsp3) is 0.385. The first-order chi connectivity index (χ1) is 9.22. The number of carbonyl (C=O) groups excluding carboxylic acids is 1. The second-order valence-electron chi connectivity index (χ2n) is 4.63. The molecule has 2 aromatic rings. The van der Waals surface area contributed by atoms with Crippen LogP contribution in [-0.4, -0.2) is 22.5 Å². The normalized spacial score (nSPS) is 15.1. The molecule has 0 N–H and O–H groups in total. The van der Waals surface area contributed by atoms with E-state index in [4.69, 9.17) is 4.52 Å². The standard InChI is InChI=1S/C13H13BrN2O2S/c14-12-5-10-7-16(3-1-2-11(10)19-12)13(17)4-9-6-15-18-8-9/h5-6,8H,1-4,7H2. The minimum Gasteiger partial charge on any atom is -0.364 e. The van der Waals surface area contributed by atoms with Gasteiger partial charge in [-0.3, -0.25) is 4.79 Å². The van der Waals surface area contributed by atoms with Gasteiger partial charge < -0.3 is 9.42 Å². The lowest BCUT2D eigenvalue weighted by Crippen LogP contribution is -2.31. The number of fused-ring (bicyclic) bond motifs is 1. The van der Waals surface area contributed by atoms with Crippen molar-refractivity contribution in [2.75, 3.05) is 6.54 Å². The molecule has 0 atom stereocenters. The van der Waals surface area contributed by atoms with Crippen molar-refractivity contribution in [3.63, 3.8) is 0 Å². The Hall–Kier alpha value is -1.14. The summed E-state index contributed by atoms with van der Waals surface area (Å²) in [6.45, 7) is 1.53. The SMILES string of the molecule is O=C(Cc1cnoc1)N1CCCc2sc(Br)cc2C1. The molecule has 3 rings (SSSR count). The molecule has 4 nitrogen and oxygen atoms in total. The number of hydrogen-bond acceptors (Lipinski definition) is 4. The number of rotatable bonds is 2. The van der Waals surface area contributed by atoms with E-state index in [-0.39, 0.29) is 5.91 Å². The van der Waals surface area contributed by atoms with Crippen LogP contribution in [0.15, 0.2) is 26.8 Å². The predicted octanol–water partition coefficient (Wildman–Crippen LogP) is 3.02. The van der Waals surface area contributed by atoms with Crippen LogP contribution in [0.1, 0.15) is 22.4 Å². The monoisotopic (exact) mass is 340 g/mol. The maximum Gasteiger partial charge on any atom is 0.227 e. The summed E-state index contributed by atoms with van der Waals surface area (Å²) < 4.78 is 5.91. The van der Waals surface area contributed by atoms with Crippen LogP contribution < -0.4 is 0 Å². The number of halogens is 1. The van der Waals surface area contributed by atoms with Gasteiger partial charge in [0.25, 0.3) is 0 Å². The third-order valence-electron chi connectivity index (χ3n) is 3.25. The van der Waals surface area contributed by atoms with E-state index in [1.807, 2.05) is 4.90 Å². The number of nitrogens with zero attached hydrogens (tertiary/aromatic N) is 2. The number of carbonyl (C=O) groups is 1. The Labute approximate surface area is 123 Å². The van der Waals surface area contributed by atoms with Gasteiger partial charge in [0.05, 0.1) is 16.4 Å². The first kappa shape index (κ1) is 12.9. The molecule has 0 fully saturated rings. The molecule has 100 valence electrons. The maximum atomic E-state index is 12.3. The minimum atomic E-state index is 0.137. The Kier molecular flexibility index (Phi) is 3.70. The van der Waals surface area contributed by atoms with Gasteiger partial charge in [0.15, 0.2) is 0 Å². The lowest BCUT2D eigenvalue weighted by Gasteiger charge is -2.20. The van der Waals surface area contributed by atoms with E-state index >= 15 is 0 Å². The smallest absolute Gasteiger partial charge is 0.227 e. The van der Waals surface area contributed by atoms with E-state index in [2.05, 4.69) is 27.2 Å². The Morgan fingerprint density at radius 1 is 1.58 bits per heavy atom. The molecule has 0 bridgehead atoms. The molecule has 3 heterocycles. The van der Waals surface area contributed by atoms with Gasteiger partial charge in [-0.2, -0.15) is 0 Å². The summed E-state index contributed by atoms with van der Waals surface area (Å²) in [5.74, 6) is 0.137. The molecule has 6 heteroatoms. The van der Waals surface area contributed by atoms with Crippen LogP contribution in [0.5, 0.6) is 0 Å². The molecule has 0 aromatic carbocycles. The fourth-order valence-corrected chi connectivity index (χ4v) is 4.10. The Balaban J connectivity index is 1.73. The van der Waals surface area contributed by atoms with E-state index in [1.54, 1.807) is 17.5 Å². The number of hydrogen-bond donors (Lipinski definition) is 0. The largest absolute Gasteiger partial charge is 0.364 e. The zero-order chi connectivity index (χ0) is 13.2. The summed E-state index contributed by atoms with van der Waals surface area (Å²) in [6.07, 6.45) is 5.58. The van der Waals surface area contributed by atoms with Crippen LogP contribution >= 0.6 is 27.3 Å². The molecule has 0 spiro atoms. The van der Waals surface area contributed by atoms with Crippen LogP contribution in [0.25, 0.3) is 0 Å². The van der Waals surface area contributed by atoms with Crippen molar-refractivity contribution in [2.45, 2.75) is 25.8 Å². The molecule has 0 unspecified atom stereocenters. The molecule has 0 saturated heterocycles. The van der Waals surface area contributed by atoms with Crippen molar-refractivity contribution in [1.29, 1.82) is 0 Å². The minimum absolute atomic E-state index is 0.137. The van der Waals surface area contributed by atoms with Crippen molar-refractivity contribution in [1.82, 2.24) is 10.1 Å². The quantitative estimate of drug-likeness (QED) is 0.844. The topological polar surface area (TPSA) is 46.3 Å². The van der Waals surface area contributed by atoms with E-state index in [0.717, 1.165) is 28.7 Å².